The van der Waals surface area contributed by atoms with E-state index in [0.29, 0.717) is 23.5 Å². The van der Waals surface area contributed by atoms with Crippen molar-refractivity contribution < 1.29 is 22.7 Å². The van der Waals surface area contributed by atoms with Gasteiger partial charge in [-0.05, 0) is 55.3 Å². The molecule has 1 unspecified atom stereocenters. The van der Waals surface area contributed by atoms with Crippen molar-refractivity contribution in [3.63, 3.8) is 0 Å². The molecule has 0 saturated heterocycles. The lowest BCUT2D eigenvalue weighted by atomic mass is 10.0. The number of methoxy groups -OCH3 is 1. The van der Waals surface area contributed by atoms with Crippen molar-refractivity contribution in [2.45, 2.75) is 24.8 Å². The normalized spacial score (nSPS) is 18.6. The number of urea groups is 1. The van der Waals surface area contributed by atoms with Crippen molar-refractivity contribution in [2.75, 3.05) is 23.8 Å². The second kappa shape index (κ2) is 9.90. The Bertz CT molecular complexity index is 1350. The van der Waals surface area contributed by atoms with E-state index >= 15 is 0 Å². The summed E-state index contributed by atoms with van der Waals surface area (Å²) in [6.45, 7) is 1.88. The molecular formula is C26H28N4O5S. The standard InChI is InChI=1S/C26H28N4O5S/c1-18-9-11-20(12-10-18)28-36(33,34)29-25(32)27-26(17-23(26)19-7-5-4-6-8-19)24(31)30(2)21-13-15-22(35-3)16-14-21/h4-16,23,28H,17H2,1-3H3,(H2,27,29,32)/t23?,26-/m0/s1. The van der Waals surface area contributed by atoms with Gasteiger partial charge in [-0.1, -0.05) is 48.0 Å². The van der Waals surface area contributed by atoms with E-state index in [9.17, 15) is 18.0 Å². The molecule has 10 heteroatoms. The van der Waals surface area contributed by atoms with E-state index in [1.807, 2.05) is 42.0 Å². The van der Waals surface area contributed by atoms with Crippen LogP contribution in [0.1, 0.15) is 23.5 Å². The molecule has 3 aromatic rings. The minimum Gasteiger partial charge on any atom is -0.497 e. The smallest absolute Gasteiger partial charge is 0.330 e. The van der Waals surface area contributed by atoms with Gasteiger partial charge in [0.1, 0.15) is 11.3 Å². The molecule has 3 aromatic carbocycles. The zero-order valence-electron chi connectivity index (χ0n) is 20.2. The van der Waals surface area contributed by atoms with Crippen molar-refractivity contribution in [3.8, 4) is 5.75 Å². The Balaban J connectivity index is 1.54. The summed E-state index contributed by atoms with van der Waals surface area (Å²) in [5.41, 5.74) is 1.44. The third-order valence-electron chi connectivity index (χ3n) is 6.18. The average molecular weight is 509 g/mol. The molecule has 0 aromatic heterocycles. The largest absolute Gasteiger partial charge is 0.497 e. The van der Waals surface area contributed by atoms with E-state index in [2.05, 4.69) is 10.0 Å². The van der Waals surface area contributed by atoms with Crippen LogP contribution in [0, 0.1) is 6.92 Å². The summed E-state index contributed by atoms with van der Waals surface area (Å²) in [6.07, 6.45) is 0.329. The van der Waals surface area contributed by atoms with Crippen LogP contribution >= 0.6 is 0 Å². The molecule has 1 aliphatic carbocycles. The number of aryl methyl sites for hydroxylation is 1. The van der Waals surface area contributed by atoms with Gasteiger partial charge in [0.25, 0.3) is 5.91 Å². The number of likely N-dealkylation sites (N-methyl/N-ethyl adjacent to an activating group) is 1. The number of hydrogen-bond acceptors (Lipinski definition) is 5. The average Bonchev–Trinajstić information content (AvgIpc) is 3.59. The van der Waals surface area contributed by atoms with Crippen LogP contribution in [-0.4, -0.2) is 40.1 Å². The Kier molecular flexibility index (Phi) is 6.89. The molecule has 1 aliphatic rings. The number of hydrogen-bond donors (Lipinski definition) is 3. The van der Waals surface area contributed by atoms with E-state index in [1.165, 1.54) is 4.90 Å². The first-order valence-corrected chi connectivity index (χ1v) is 12.8. The van der Waals surface area contributed by atoms with Gasteiger partial charge in [-0.15, -0.1) is 0 Å². The molecule has 0 spiro atoms. The van der Waals surface area contributed by atoms with Crippen LogP contribution in [0.15, 0.2) is 78.9 Å². The number of ether oxygens (including phenoxy) is 1. The molecule has 0 heterocycles. The number of nitrogens with one attached hydrogen (secondary N) is 3. The number of nitrogens with zero attached hydrogens (tertiary/aromatic N) is 1. The van der Waals surface area contributed by atoms with Crippen LogP contribution in [0.25, 0.3) is 0 Å². The third kappa shape index (κ3) is 5.44. The SMILES string of the molecule is COc1ccc(N(C)C(=O)[C@]2(NC(=O)NS(=O)(=O)Nc3ccc(C)cc3)CC2c2ccccc2)cc1. The monoisotopic (exact) mass is 508 g/mol. The van der Waals surface area contributed by atoms with Gasteiger partial charge < -0.3 is 15.0 Å². The molecule has 0 radical (unpaired) electrons. The fraction of sp³-hybridized carbons (Fsp3) is 0.231. The molecule has 1 saturated carbocycles. The van der Waals surface area contributed by atoms with Crippen molar-refractivity contribution in [1.29, 1.82) is 0 Å². The summed E-state index contributed by atoms with van der Waals surface area (Å²) in [5.74, 6) is -0.0299. The molecule has 0 aliphatic heterocycles. The van der Waals surface area contributed by atoms with Gasteiger partial charge >= 0.3 is 16.2 Å². The summed E-state index contributed by atoms with van der Waals surface area (Å²) in [6, 6.07) is 21.9. The molecule has 4 rings (SSSR count). The predicted octanol–water partition coefficient (Wildman–Crippen LogP) is 3.55. The number of carbonyl (C=O) groups is 2. The van der Waals surface area contributed by atoms with Gasteiger partial charge in [0.2, 0.25) is 0 Å². The molecule has 3 amide bonds. The van der Waals surface area contributed by atoms with Gasteiger partial charge in [0, 0.05) is 18.7 Å². The van der Waals surface area contributed by atoms with Crippen LogP contribution in [0.5, 0.6) is 5.75 Å². The van der Waals surface area contributed by atoms with E-state index in [4.69, 9.17) is 4.74 Å². The van der Waals surface area contributed by atoms with Crippen LogP contribution in [-0.2, 0) is 15.0 Å². The van der Waals surface area contributed by atoms with Crippen molar-refractivity contribution in [3.05, 3.63) is 90.0 Å². The molecule has 3 N–H and O–H groups in total. The zero-order chi connectivity index (χ0) is 25.9. The van der Waals surface area contributed by atoms with Gasteiger partial charge in [0.05, 0.1) is 12.8 Å². The first kappa shape index (κ1) is 25.1. The molecule has 36 heavy (non-hydrogen) atoms. The lowest BCUT2D eigenvalue weighted by Crippen LogP contribution is -2.55. The third-order valence-corrected chi connectivity index (χ3v) is 7.13. The number of anilines is 2. The summed E-state index contributed by atoms with van der Waals surface area (Å²) in [5, 5.41) is 2.65. The van der Waals surface area contributed by atoms with E-state index in [1.54, 1.807) is 62.7 Å². The lowest BCUT2D eigenvalue weighted by Gasteiger charge is -2.26. The predicted molar refractivity (Wildman–Crippen MR) is 138 cm³/mol. The minimum absolute atomic E-state index is 0.305. The molecule has 9 nitrogen and oxygen atoms in total. The Morgan fingerprint density at radius 2 is 1.61 bits per heavy atom. The summed E-state index contributed by atoms with van der Waals surface area (Å²) >= 11 is 0. The Morgan fingerprint density at radius 3 is 2.22 bits per heavy atom. The maximum absolute atomic E-state index is 13.7. The van der Waals surface area contributed by atoms with E-state index in [-0.39, 0.29) is 11.8 Å². The highest BCUT2D eigenvalue weighted by atomic mass is 32.2. The van der Waals surface area contributed by atoms with Gasteiger partial charge in [-0.3, -0.25) is 9.52 Å². The highest BCUT2D eigenvalue weighted by Gasteiger charge is 2.63. The minimum atomic E-state index is -4.23. The van der Waals surface area contributed by atoms with E-state index in [0.717, 1.165) is 11.1 Å². The fourth-order valence-corrected chi connectivity index (χ4v) is 4.95. The van der Waals surface area contributed by atoms with Crippen LogP contribution in [0.3, 0.4) is 0 Å². The van der Waals surface area contributed by atoms with Gasteiger partial charge in [-0.25, -0.2) is 9.52 Å². The second-order valence-electron chi connectivity index (χ2n) is 8.73. The van der Waals surface area contributed by atoms with Crippen LogP contribution in [0.4, 0.5) is 16.2 Å². The maximum Gasteiger partial charge on any atom is 0.330 e. The summed E-state index contributed by atoms with van der Waals surface area (Å²) < 4.78 is 34.5. The number of carbonyl (C=O) groups excluding carboxylic acids is 2. The fourth-order valence-electron chi connectivity index (χ4n) is 4.15. The van der Waals surface area contributed by atoms with E-state index < -0.39 is 21.8 Å². The molecule has 188 valence electrons. The highest BCUT2D eigenvalue weighted by Crippen LogP contribution is 2.52. The second-order valence-corrected chi connectivity index (χ2v) is 10.1. The highest BCUT2D eigenvalue weighted by molar-refractivity contribution is 7.91. The molecule has 0 bridgehead atoms. The van der Waals surface area contributed by atoms with Crippen LogP contribution in [0.2, 0.25) is 0 Å². The summed E-state index contributed by atoms with van der Waals surface area (Å²) in [7, 11) is -1.06. The zero-order valence-corrected chi connectivity index (χ0v) is 21.0. The van der Waals surface area contributed by atoms with Crippen molar-refractivity contribution in [2.24, 2.45) is 0 Å². The molecule has 1 fully saturated rings. The van der Waals surface area contributed by atoms with Gasteiger partial charge in [-0.2, -0.15) is 8.42 Å². The van der Waals surface area contributed by atoms with Crippen LogP contribution < -0.4 is 24.4 Å². The summed E-state index contributed by atoms with van der Waals surface area (Å²) in [4.78, 5) is 28.0. The van der Waals surface area contributed by atoms with Gasteiger partial charge in [0.15, 0.2) is 0 Å². The molecular weight excluding hydrogens is 480 g/mol. The Labute approximate surface area is 210 Å². The Morgan fingerprint density at radius 1 is 0.972 bits per heavy atom. The van der Waals surface area contributed by atoms with Crippen molar-refractivity contribution >= 4 is 33.5 Å². The number of amides is 3. The van der Waals surface area contributed by atoms with Crippen molar-refractivity contribution in [1.82, 2.24) is 10.0 Å². The first-order valence-electron chi connectivity index (χ1n) is 11.3. The quantitative estimate of drug-likeness (QED) is 0.430. The lowest BCUT2D eigenvalue weighted by molar-refractivity contribution is -0.121. The molecule has 2 atom stereocenters. The Hall–Kier alpha value is -4.05. The number of benzene rings is 3. The number of rotatable bonds is 8. The maximum atomic E-state index is 13.7. The first-order chi connectivity index (χ1) is 17.1. The topological polar surface area (TPSA) is 117 Å².